The number of aromatic nitrogens is 1. The Morgan fingerprint density at radius 2 is 1.94 bits per heavy atom. The second kappa shape index (κ2) is 4.75. The van der Waals surface area contributed by atoms with Crippen molar-refractivity contribution in [3.63, 3.8) is 0 Å². The molecular weight excluding hydrogens is 246 g/mol. The van der Waals surface area contributed by atoms with Gasteiger partial charge >= 0.3 is 0 Å². The first-order valence-corrected chi connectivity index (χ1v) is 6.14. The van der Waals surface area contributed by atoms with E-state index in [1.54, 1.807) is 0 Å². The molecule has 3 aromatic rings. The number of aromatic amines is 1. The summed E-state index contributed by atoms with van der Waals surface area (Å²) >= 11 is 5.91. The van der Waals surface area contributed by atoms with Crippen LogP contribution in [0.5, 0.6) is 5.75 Å². The smallest absolute Gasteiger partial charge is 0.121 e. The third-order valence-corrected chi connectivity index (χ3v) is 3.10. The molecule has 1 heterocycles. The molecule has 2 aromatic carbocycles. The van der Waals surface area contributed by atoms with E-state index >= 15 is 0 Å². The summed E-state index contributed by atoms with van der Waals surface area (Å²) in [6, 6.07) is 15.6. The van der Waals surface area contributed by atoms with Crippen LogP contribution in [-0.2, 0) is 6.61 Å². The average Bonchev–Trinajstić information content (AvgIpc) is 2.80. The van der Waals surface area contributed by atoms with Crippen LogP contribution in [0.3, 0.4) is 0 Å². The van der Waals surface area contributed by atoms with E-state index in [-0.39, 0.29) is 0 Å². The van der Waals surface area contributed by atoms with Crippen molar-refractivity contribution in [2.75, 3.05) is 0 Å². The fraction of sp³-hybridized carbons (Fsp3) is 0.0667. The summed E-state index contributed by atoms with van der Waals surface area (Å²) in [7, 11) is 0. The summed E-state index contributed by atoms with van der Waals surface area (Å²) in [6.45, 7) is 0.532. The lowest BCUT2D eigenvalue weighted by Crippen LogP contribution is -1.94. The Labute approximate surface area is 110 Å². The van der Waals surface area contributed by atoms with Crippen molar-refractivity contribution in [2.45, 2.75) is 6.61 Å². The first kappa shape index (κ1) is 11.2. The molecule has 90 valence electrons. The Morgan fingerprint density at radius 3 is 2.83 bits per heavy atom. The molecule has 0 bridgehead atoms. The number of rotatable bonds is 3. The van der Waals surface area contributed by atoms with Crippen molar-refractivity contribution < 1.29 is 4.74 Å². The zero-order valence-corrected chi connectivity index (χ0v) is 10.4. The van der Waals surface area contributed by atoms with Crippen LogP contribution in [0.1, 0.15) is 5.56 Å². The van der Waals surface area contributed by atoms with Gasteiger partial charge in [0.05, 0.1) is 0 Å². The van der Waals surface area contributed by atoms with Gasteiger partial charge in [-0.05, 0) is 24.3 Å². The zero-order chi connectivity index (χ0) is 12.4. The second-order valence-corrected chi connectivity index (χ2v) is 4.54. The van der Waals surface area contributed by atoms with Gasteiger partial charge in [0.25, 0.3) is 0 Å². The maximum absolute atomic E-state index is 5.91. The molecule has 2 nitrogen and oxygen atoms in total. The first-order valence-electron chi connectivity index (χ1n) is 5.76. The third kappa shape index (κ3) is 2.20. The molecule has 0 saturated heterocycles. The number of para-hydroxylation sites is 1. The molecule has 0 aliphatic carbocycles. The Balaban J connectivity index is 1.81. The largest absolute Gasteiger partial charge is 0.489 e. The lowest BCUT2D eigenvalue weighted by atomic mass is 10.2. The van der Waals surface area contributed by atoms with Crippen molar-refractivity contribution in [1.29, 1.82) is 0 Å². The van der Waals surface area contributed by atoms with Crippen LogP contribution in [0.15, 0.2) is 54.7 Å². The Hall–Kier alpha value is -1.93. The molecule has 0 radical (unpaired) electrons. The second-order valence-electron chi connectivity index (χ2n) is 4.11. The average molecular weight is 258 g/mol. The number of halogens is 1. The monoisotopic (exact) mass is 257 g/mol. The maximum Gasteiger partial charge on any atom is 0.121 e. The fourth-order valence-corrected chi connectivity index (χ4v) is 2.15. The highest BCUT2D eigenvalue weighted by Gasteiger charge is 2.03. The summed E-state index contributed by atoms with van der Waals surface area (Å²) in [5.41, 5.74) is 2.27. The summed E-state index contributed by atoms with van der Waals surface area (Å²) < 4.78 is 5.73. The van der Waals surface area contributed by atoms with E-state index in [2.05, 4.69) is 17.1 Å². The van der Waals surface area contributed by atoms with Crippen LogP contribution in [0, 0.1) is 0 Å². The molecule has 0 fully saturated rings. The van der Waals surface area contributed by atoms with Crippen LogP contribution in [-0.4, -0.2) is 4.98 Å². The molecule has 0 unspecified atom stereocenters. The Kier molecular flexibility index (Phi) is 2.95. The number of H-pyrrole nitrogens is 1. The molecule has 3 heteroatoms. The van der Waals surface area contributed by atoms with Crippen LogP contribution in [0.25, 0.3) is 10.9 Å². The highest BCUT2D eigenvalue weighted by atomic mass is 35.5. The Morgan fingerprint density at radius 1 is 1.06 bits per heavy atom. The van der Waals surface area contributed by atoms with Gasteiger partial charge < -0.3 is 9.72 Å². The molecule has 0 saturated carbocycles. The van der Waals surface area contributed by atoms with Crippen LogP contribution >= 0.6 is 11.6 Å². The topological polar surface area (TPSA) is 25.0 Å². The minimum absolute atomic E-state index is 0.532. The summed E-state index contributed by atoms with van der Waals surface area (Å²) in [6.07, 6.45) is 1.98. The van der Waals surface area contributed by atoms with Gasteiger partial charge in [-0.3, -0.25) is 0 Å². The molecule has 3 rings (SSSR count). The van der Waals surface area contributed by atoms with Crippen LogP contribution < -0.4 is 4.74 Å². The van der Waals surface area contributed by atoms with E-state index in [0.717, 1.165) is 16.8 Å². The molecule has 18 heavy (non-hydrogen) atoms. The molecule has 0 spiro atoms. The normalized spacial score (nSPS) is 10.7. The SMILES string of the molecule is Clc1cccc(OCc2c[nH]c3ccccc23)c1. The van der Waals surface area contributed by atoms with Crippen molar-refractivity contribution in [2.24, 2.45) is 0 Å². The van der Waals surface area contributed by atoms with Crippen molar-refractivity contribution in [3.8, 4) is 5.75 Å². The van der Waals surface area contributed by atoms with Gasteiger partial charge in [-0.1, -0.05) is 35.9 Å². The van der Waals surface area contributed by atoms with E-state index in [9.17, 15) is 0 Å². The summed E-state index contributed by atoms with van der Waals surface area (Å²) in [4.78, 5) is 3.23. The molecule has 1 N–H and O–H groups in total. The summed E-state index contributed by atoms with van der Waals surface area (Å²) in [5.74, 6) is 0.785. The molecule has 0 aliphatic rings. The molecule has 0 aliphatic heterocycles. The van der Waals surface area contributed by atoms with E-state index in [0.29, 0.717) is 11.6 Å². The molecule has 0 atom stereocenters. The van der Waals surface area contributed by atoms with E-state index in [1.165, 1.54) is 5.39 Å². The van der Waals surface area contributed by atoms with E-state index < -0.39 is 0 Å². The molecule has 1 aromatic heterocycles. The minimum Gasteiger partial charge on any atom is -0.489 e. The molecular formula is C15H12ClNO. The van der Waals surface area contributed by atoms with Crippen molar-refractivity contribution in [3.05, 3.63) is 65.3 Å². The van der Waals surface area contributed by atoms with Gasteiger partial charge in [-0.2, -0.15) is 0 Å². The number of hydrogen-bond donors (Lipinski definition) is 1. The summed E-state index contributed by atoms with van der Waals surface area (Å²) in [5, 5.41) is 1.88. The maximum atomic E-state index is 5.91. The number of fused-ring (bicyclic) bond motifs is 1. The fourth-order valence-electron chi connectivity index (χ4n) is 1.97. The standard InChI is InChI=1S/C15H12ClNO/c16-12-4-3-5-13(8-12)18-10-11-9-17-15-7-2-1-6-14(11)15/h1-9,17H,10H2. The number of hydrogen-bond acceptors (Lipinski definition) is 1. The van der Waals surface area contributed by atoms with Gasteiger partial charge in [0.15, 0.2) is 0 Å². The van der Waals surface area contributed by atoms with Gasteiger partial charge in [-0.15, -0.1) is 0 Å². The van der Waals surface area contributed by atoms with Crippen LogP contribution in [0.4, 0.5) is 0 Å². The van der Waals surface area contributed by atoms with Crippen molar-refractivity contribution in [1.82, 2.24) is 4.98 Å². The highest BCUT2D eigenvalue weighted by Crippen LogP contribution is 2.21. The zero-order valence-electron chi connectivity index (χ0n) is 9.69. The Bertz CT molecular complexity index is 675. The van der Waals surface area contributed by atoms with E-state index in [1.807, 2.05) is 42.6 Å². The van der Waals surface area contributed by atoms with Gasteiger partial charge in [0.2, 0.25) is 0 Å². The van der Waals surface area contributed by atoms with Crippen molar-refractivity contribution >= 4 is 22.5 Å². The van der Waals surface area contributed by atoms with Gasteiger partial charge in [0.1, 0.15) is 12.4 Å². The predicted octanol–water partition coefficient (Wildman–Crippen LogP) is 4.40. The lowest BCUT2D eigenvalue weighted by Gasteiger charge is -2.05. The predicted molar refractivity (Wildman–Crippen MR) is 74.1 cm³/mol. The van der Waals surface area contributed by atoms with Gasteiger partial charge in [0, 0.05) is 27.7 Å². The minimum atomic E-state index is 0.532. The number of ether oxygens (including phenoxy) is 1. The van der Waals surface area contributed by atoms with Crippen LogP contribution in [0.2, 0.25) is 5.02 Å². The first-order chi connectivity index (χ1) is 8.83. The number of benzene rings is 2. The number of nitrogens with one attached hydrogen (secondary N) is 1. The third-order valence-electron chi connectivity index (χ3n) is 2.87. The lowest BCUT2D eigenvalue weighted by molar-refractivity contribution is 0.307. The quantitative estimate of drug-likeness (QED) is 0.739. The van der Waals surface area contributed by atoms with Gasteiger partial charge in [-0.25, -0.2) is 0 Å². The highest BCUT2D eigenvalue weighted by molar-refractivity contribution is 6.30. The molecule has 0 amide bonds. The van der Waals surface area contributed by atoms with E-state index in [4.69, 9.17) is 16.3 Å².